The Morgan fingerprint density at radius 2 is 2.50 bits per heavy atom. The second kappa shape index (κ2) is 6.56. The zero-order valence-electron chi connectivity index (χ0n) is 8.36. The number of allylic oxidation sites excluding steroid dienone is 3. The monoisotopic (exact) mass is 209 g/mol. The molecule has 0 amide bonds. The van der Waals surface area contributed by atoms with Gasteiger partial charge in [0.1, 0.15) is 5.04 Å². The summed E-state index contributed by atoms with van der Waals surface area (Å²) in [5, 5.41) is 11.6. The summed E-state index contributed by atoms with van der Waals surface area (Å²) < 4.78 is 0. The van der Waals surface area contributed by atoms with E-state index in [0.29, 0.717) is 0 Å². The van der Waals surface area contributed by atoms with E-state index < -0.39 is 0 Å². The van der Waals surface area contributed by atoms with Gasteiger partial charge in [0.25, 0.3) is 0 Å². The van der Waals surface area contributed by atoms with Crippen LogP contribution in [0.5, 0.6) is 0 Å². The Hall–Kier alpha value is -0.870. The zero-order chi connectivity index (χ0) is 10.2. The largest absolute Gasteiger partial charge is 0.311 e. The summed E-state index contributed by atoms with van der Waals surface area (Å²) in [4.78, 5) is 0. The van der Waals surface area contributed by atoms with Gasteiger partial charge in [0.2, 0.25) is 0 Å². The van der Waals surface area contributed by atoms with E-state index in [1.807, 2.05) is 7.05 Å². The molecule has 14 heavy (non-hydrogen) atoms. The van der Waals surface area contributed by atoms with Crippen molar-refractivity contribution in [2.75, 3.05) is 12.9 Å². The molecule has 0 aliphatic heterocycles. The lowest BCUT2D eigenvalue weighted by Gasteiger charge is -2.08. The zero-order valence-corrected chi connectivity index (χ0v) is 9.18. The van der Waals surface area contributed by atoms with Gasteiger partial charge in [0, 0.05) is 18.2 Å². The summed E-state index contributed by atoms with van der Waals surface area (Å²) in [7, 11) is 1.91. The summed E-state index contributed by atoms with van der Waals surface area (Å²) >= 11 is 1.64. The number of nitrogens with one attached hydrogen (secondary N) is 1. The second-order valence-corrected chi connectivity index (χ2v) is 3.79. The van der Waals surface area contributed by atoms with E-state index in [2.05, 4.69) is 40.5 Å². The van der Waals surface area contributed by atoms with E-state index in [-0.39, 0.29) is 0 Å². The first kappa shape index (κ1) is 11.2. The standard InChI is InChI=1S/C10H15N3S/c1-11-8-14-10(13-12-2)9-6-4-3-5-7-9/h4,6-7,11H,2-3,5,8H2,1H3/b13-10-. The molecule has 0 unspecified atom stereocenters. The third kappa shape index (κ3) is 3.47. The Labute approximate surface area is 89.1 Å². The van der Waals surface area contributed by atoms with Crippen molar-refractivity contribution in [2.45, 2.75) is 12.8 Å². The van der Waals surface area contributed by atoms with Gasteiger partial charge in [-0.2, -0.15) is 5.10 Å². The third-order valence-corrected chi connectivity index (χ3v) is 2.78. The van der Waals surface area contributed by atoms with Gasteiger partial charge in [0.15, 0.2) is 0 Å². The minimum absolute atomic E-state index is 0.833. The van der Waals surface area contributed by atoms with Crippen LogP contribution in [0.2, 0.25) is 0 Å². The molecule has 0 bridgehead atoms. The molecule has 0 aromatic rings. The first-order valence-electron chi connectivity index (χ1n) is 4.56. The third-order valence-electron chi connectivity index (χ3n) is 1.76. The molecule has 0 heterocycles. The molecule has 0 aromatic carbocycles. The molecule has 76 valence electrons. The van der Waals surface area contributed by atoms with E-state index in [1.54, 1.807) is 11.8 Å². The summed E-state index contributed by atoms with van der Waals surface area (Å²) in [5.74, 6) is 0.833. The van der Waals surface area contributed by atoms with Crippen LogP contribution in [0.15, 0.2) is 34.0 Å². The Balaban J connectivity index is 2.66. The number of hydrogen-bond acceptors (Lipinski definition) is 4. The first-order valence-corrected chi connectivity index (χ1v) is 5.55. The molecule has 1 aliphatic carbocycles. The summed E-state index contributed by atoms with van der Waals surface area (Å²) in [5.41, 5.74) is 1.16. The Morgan fingerprint density at radius 1 is 1.64 bits per heavy atom. The molecular formula is C10H15N3S. The SMILES string of the molecule is C=N/N=C(\SCNC)C1=CCCC=C1. The average Bonchev–Trinajstić information content (AvgIpc) is 2.25. The first-order chi connectivity index (χ1) is 6.88. The van der Waals surface area contributed by atoms with Crippen molar-refractivity contribution in [3.05, 3.63) is 23.8 Å². The molecule has 1 aliphatic rings. The molecule has 0 fully saturated rings. The fourth-order valence-corrected chi connectivity index (χ4v) is 1.86. The van der Waals surface area contributed by atoms with Crippen LogP contribution in [-0.2, 0) is 0 Å². The van der Waals surface area contributed by atoms with Gasteiger partial charge in [0.05, 0.1) is 0 Å². The normalized spacial score (nSPS) is 16.6. The Bertz CT molecular complexity index is 279. The van der Waals surface area contributed by atoms with Gasteiger partial charge in [-0.05, 0) is 19.9 Å². The van der Waals surface area contributed by atoms with Gasteiger partial charge in [-0.25, -0.2) is 0 Å². The maximum absolute atomic E-state index is 4.02. The second-order valence-electron chi connectivity index (χ2n) is 2.83. The summed E-state index contributed by atoms with van der Waals surface area (Å²) in [6.45, 7) is 3.38. The number of nitrogens with zero attached hydrogens (tertiary/aromatic N) is 2. The fraction of sp³-hybridized carbons (Fsp3) is 0.400. The molecule has 0 atom stereocenters. The lowest BCUT2D eigenvalue weighted by atomic mass is 10.1. The predicted molar refractivity (Wildman–Crippen MR) is 65.0 cm³/mol. The van der Waals surface area contributed by atoms with Crippen molar-refractivity contribution in [2.24, 2.45) is 10.2 Å². The summed E-state index contributed by atoms with van der Waals surface area (Å²) in [6, 6.07) is 0. The molecule has 1 rings (SSSR count). The van der Waals surface area contributed by atoms with Crippen molar-refractivity contribution in [3.8, 4) is 0 Å². The maximum Gasteiger partial charge on any atom is 0.127 e. The van der Waals surface area contributed by atoms with Crippen LogP contribution in [0.25, 0.3) is 0 Å². The molecular weight excluding hydrogens is 194 g/mol. The Kier molecular flexibility index (Phi) is 5.25. The smallest absolute Gasteiger partial charge is 0.127 e. The molecule has 0 radical (unpaired) electrons. The van der Waals surface area contributed by atoms with Gasteiger partial charge in [-0.15, -0.1) is 5.10 Å². The van der Waals surface area contributed by atoms with Crippen molar-refractivity contribution in [1.82, 2.24) is 5.32 Å². The molecule has 0 saturated heterocycles. The van der Waals surface area contributed by atoms with E-state index in [0.717, 1.165) is 29.3 Å². The minimum Gasteiger partial charge on any atom is -0.311 e. The van der Waals surface area contributed by atoms with Crippen LogP contribution < -0.4 is 5.32 Å². The topological polar surface area (TPSA) is 36.8 Å². The van der Waals surface area contributed by atoms with Crippen LogP contribution in [0, 0.1) is 0 Å². The van der Waals surface area contributed by atoms with Crippen LogP contribution in [0.4, 0.5) is 0 Å². The van der Waals surface area contributed by atoms with Crippen LogP contribution in [-0.4, -0.2) is 24.7 Å². The molecule has 1 N–H and O–H groups in total. The van der Waals surface area contributed by atoms with E-state index in [9.17, 15) is 0 Å². The molecule has 0 aromatic heterocycles. The maximum atomic E-state index is 4.02. The average molecular weight is 209 g/mol. The van der Waals surface area contributed by atoms with Crippen molar-refractivity contribution < 1.29 is 0 Å². The van der Waals surface area contributed by atoms with Crippen molar-refractivity contribution >= 4 is 23.5 Å². The van der Waals surface area contributed by atoms with Gasteiger partial charge in [-0.3, -0.25) is 0 Å². The van der Waals surface area contributed by atoms with Crippen molar-refractivity contribution in [1.29, 1.82) is 0 Å². The molecule has 0 spiro atoms. The highest BCUT2D eigenvalue weighted by Gasteiger charge is 2.06. The van der Waals surface area contributed by atoms with E-state index in [1.165, 1.54) is 0 Å². The quantitative estimate of drug-likeness (QED) is 0.333. The summed E-state index contributed by atoms with van der Waals surface area (Å²) in [6.07, 6.45) is 8.65. The lowest BCUT2D eigenvalue weighted by molar-refractivity contribution is 0.985. The van der Waals surface area contributed by atoms with Crippen LogP contribution in [0.1, 0.15) is 12.8 Å². The molecule has 0 saturated carbocycles. The van der Waals surface area contributed by atoms with Gasteiger partial charge < -0.3 is 5.32 Å². The van der Waals surface area contributed by atoms with Gasteiger partial charge >= 0.3 is 0 Å². The predicted octanol–water partition coefficient (Wildman–Crippen LogP) is 2.19. The highest BCUT2D eigenvalue weighted by Crippen LogP contribution is 2.18. The Morgan fingerprint density at radius 3 is 3.07 bits per heavy atom. The lowest BCUT2D eigenvalue weighted by Crippen LogP contribution is -2.08. The molecule has 4 heteroatoms. The molecule has 3 nitrogen and oxygen atoms in total. The van der Waals surface area contributed by atoms with Crippen molar-refractivity contribution in [3.63, 3.8) is 0 Å². The fourth-order valence-electron chi connectivity index (χ4n) is 1.15. The number of hydrogen-bond donors (Lipinski definition) is 1. The minimum atomic E-state index is 0.833. The number of thioether (sulfide) groups is 1. The van der Waals surface area contributed by atoms with Crippen LogP contribution >= 0.6 is 11.8 Å². The van der Waals surface area contributed by atoms with E-state index in [4.69, 9.17) is 0 Å². The highest BCUT2D eigenvalue weighted by atomic mass is 32.2. The van der Waals surface area contributed by atoms with Gasteiger partial charge in [-0.1, -0.05) is 30.0 Å². The van der Waals surface area contributed by atoms with Crippen LogP contribution in [0.3, 0.4) is 0 Å². The highest BCUT2D eigenvalue weighted by molar-refractivity contribution is 8.14. The number of rotatable bonds is 4. The van der Waals surface area contributed by atoms with E-state index >= 15 is 0 Å².